The molecule has 1 aromatic carbocycles. The van der Waals surface area contributed by atoms with Gasteiger partial charge in [-0.25, -0.2) is 4.99 Å². The molecule has 2 nitrogen and oxygen atoms in total. The summed E-state index contributed by atoms with van der Waals surface area (Å²) in [5.74, 6) is 0.578. The Morgan fingerprint density at radius 2 is 1.94 bits per heavy atom. The number of amidine groups is 1. The van der Waals surface area contributed by atoms with E-state index in [4.69, 9.17) is 28.9 Å². The Balaban J connectivity index is 0.00000225. The van der Waals surface area contributed by atoms with Crippen LogP contribution in [0.1, 0.15) is 18.9 Å². The summed E-state index contributed by atoms with van der Waals surface area (Å²) in [5.41, 5.74) is 6.30. The number of nitrogens with zero attached hydrogens (tertiary/aromatic N) is 1. The van der Waals surface area contributed by atoms with E-state index in [9.17, 15) is 0 Å². The van der Waals surface area contributed by atoms with Crippen LogP contribution in [-0.4, -0.2) is 5.84 Å². The van der Waals surface area contributed by atoms with Gasteiger partial charge in [0.25, 0.3) is 0 Å². The van der Waals surface area contributed by atoms with Gasteiger partial charge in [0.05, 0.1) is 5.84 Å². The molecule has 88 valence electrons. The molecule has 0 aliphatic heterocycles. The summed E-state index contributed by atoms with van der Waals surface area (Å²) in [4.78, 5) is 4.02. The molecule has 0 bridgehead atoms. The molecule has 16 heavy (non-hydrogen) atoms. The molecule has 1 rings (SSSR count). The van der Waals surface area contributed by atoms with E-state index in [1.807, 2.05) is 6.92 Å². The first-order chi connectivity index (χ1) is 7.15. The van der Waals surface area contributed by atoms with E-state index in [-0.39, 0.29) is 12.4 Å². The minimum atomic E-state index is 0. The first-order valence-corrected chi connectivity index (χ1v) is 5.33. The normalized spacial score (nSPS) is 11.6. The van der Waals surface area contributed by atoms with Crippen molar-refractivity contribution < 1.29 is 0 Å². The van der Waals surface area contributed by atoms with Crippen molar-refractivity contribution in [2.24, 2.45) is 10.7 Å². The van der Waals surface area contributed by atoms with Crippen LogP contribution in [0.15, 0.2) is 29.4 Å². The predicted molar refractivity (Wildman–Crippen MR) is 74.7 cm³/mol. The monoisotopic (exact) mass is 278 g/mol. The highest BCUT2D eigenvalue weighted by molar-refractivity contribution is 6.37. The zero-order valence-corrected chi connectivity index (χ0v) is 11.1. The standard InChI is InChI=1S/C11H12Cl2N2.ClH/c1-2-11(14)15-7-6-8-9(12)4-3-5-10(8)13;/h3-7H,2H2,1H3,(H2,14,15);1H/b7-6+;. The molecule has 0 aromatic heterocycles. The van der Waals surface area contributed by atoms with Crippen LogP contribution in [0, 0.1) is 0 Å². The summed E-state index contributed by atoms with van der Waals surface area (Å²) < 4.78 is 0. The second kappa shape index (κ2) is 7.55. The van der Waals surface area contributed by atoms with Gasteiger partial charge in [0.2, 0.25) is 0 Å². The number of hydrogen-bond donors (Lipinski definition) is 1. The molecule has 0 aliphatic carbocycles. The maximum Gasteiger partial charge on any atom is 0.0986 e. The van der Waals surface area contributed by atoms with Gasteiger partial charge in [0, 0.05) is 28.2 Å². The lowest BCUT2D eigenvalue weighted by Crippen LogP contribution is -2.08. The molecule has 0 unspecified atom stereocenters. The zero-order chi connectivity index (χ0) is 11.3. The summed E-state index contributed by atoms with van der Waals surface area (Å²) in [6, 6.07) is 5.35. The molecule has 0 heterocycles. The Morgan fingerprint density at radius 3 is 2.44 bits per heavy atom. The highest BCUT2D eigenvalue weighted by Crippen LogP contribution is 2.25. The molecular formula is C11H13Cl3N2. The Morgan fingerprint density at radius 1 is 1.38 bits per heavy atom. The Bertz CT molecular complexity index is 380. The third kappa shape index (κ3) is 4.44. The topological polar surface area (TPSA) is 38.4 Å². The second-order valence-electron chi connectivity index (χ2n) is 2.93. The lowest BCUT2D eigenvalue weighted by molar-refractivity contribution is 1.24. The molecule has 5 heteroatoms. The lowest BCUT2D eigenvalue weighted by atomic mass is 10.2. The van der Waals surface area contributed by atoms with Crippen LogP contribution in [-0.2, 0) is 0 Å². The van der Waals surface area contributed by atoms with Crippen molar-refractivity contribution in [3.8, 4) is 0 Å². The smallest absolute Gasteiger partial charge is 0.0986 e. The van der Waals surface area contributed by atoms with Gasteiger partial charge in [0.15, 0.2) is 0 Å². The highest BCUT2D eigenvalue weighted by atomic mass is 35.5. The van der Waals surface area contributed by atoms with Crippen molar-refractivity contribution in [3.05, 3.63) is 40.0 Å². The predicted octanol–water partition coefficient (Wildman–Crippen LogP) is 4.15. The van der Waals surface area contributed by atoms with Crippen molar-refractivity contribution in [2.75, 3.05) is 0 Å². The van der Waals surface area contributed by atoms with E-state index in [1.165, 1.54) is 0 Å². The number of halogens is 3. The second-order valence-corrected chi connectivity index (χ2v) is 3.74. The molecular weight excluding hydrogens is 266 g/mol. The van der Waals surface area contributed by atoms with Gasteiger partial charge in [-0.1, -0.05) is 36.2 Å². The maximum absolute atomic E-state index is 5.96. The van der Waals surface area contributed by atoms with Gasteiger partial charge >= 0.3 is 0 Å². The number of nitrogens with two attached hydrogens (primary N) is 1. The molecule has 0 fully saturated rings. The molecule has 0 amide bonds. The molecule has 0 saturated heterocycles. The summed E-state index contributed by atoms with van der Waals surface area (Å²) in [6.45, 7) is 1.94. The largest absolute Gasteiger partial charge is 0.387 e. The van der Waals surface area contributed by atoms with E-state index in [0.717, 1.165) is 12.0 Å². The summed E-state index contributed by atoms with van der Waals surface area (Å²) in [5, 5.41) is 1.20. The Labute approximate surface area is 112 Å². The first kappa shape index (κ1) is 15.3. The molecule has 2 N–H and O–H groups in total. The van der Waals surface area contributed by atoms with Crippen LogP contribution < -0.4 is 5.73 Å². The van der Waals surface area contributed by atoms with E-state index in [2.05, 4.69) is 4.99 Å². The zero-order valence-electron chi connectivity index (χ0n) is 8.78. The Kier molecular flexibility index (Phi) is 7.22. The summed E-state index contributed by atoms with van der Waals surface area (Å²) in [6.07, 6.45) is 4.07. The third-order valence-corrected chi connectivity index (χ3v) is 2.50. The average molecular weight is 280 g/mol. The van der Waals surface area contributed by atoms with Crippen molar-refractivity contribution in [3.63, 3.8) is 0 Å². The van der Waals surface area contributed by atoms with Gasteiger partial charge in [-0.15, -0.1) is 12.4 Å². The van der Waals surface area contributed by atoms with E-state index >= 15 is 0 Å². The van der Waals surface area contributed by atoms with Gasteiger partial charge in [-0.3, -0.25) is 0 Å². The quantitative estimate of drug-likeness (QED) is 0.655. The van der Waals surface area contributed by atoms with Crippen molar-refractivity contribution in [1.82, 2.24) is 0 Å². The first-order valence-electron chi connectivity index (χ1n) is 4.58. The summed E-state index contributed by atoms with van der Waals surface area (Å²) >= 11 is 11.9. The van der Waals surface area contributed by atoms with E-state index < -0.39 is 0 Å². The number of aliphatic imine (C=N–C) groups is 1. The fraction of sp³-hybridized carbons (Fsp3) is 0.182. The van der Waals surface area contributed by atoms with Gasteiger partial charge < -0.3 is 5.73 Å². The van der Waals surface area contributed by atoms with Crippen LogP contribution in [0.3, 0.4) is 0 Å². The third-order valence-electron chi connectivity index (χ3n) is 1.84. The van der Waals surface area contributed by atoms with Crippen LogP contribution in [0.2, 0.25) is 10.0 Å². The average Bonchev–Trinajstić information content (AvgIpc) is 2.22. The molecule has 0 atom stereocenters. The van der Waals surface area contributed by atoms with Gasteiger partial charge in [-0.05, 0) is 18.2 Å². The van der Waals surface area contributed by atoms with E-state index in [1.54, 1.807) is 30.5 Å². The van der Waals surface area contributed by atoms with Crippen molar-refractivity contribution >= 4 is 47.5 Å². The Hall–Kier alpha value is -0.700. The maximum atomic E-state index is 5.96. The van der Waals surface area contributed by atoms with Crippen LogP contribution in [0.4, 0.5) is 0 Å². The number of rotatable bonds is 3. The highest BCUT2D eigenvalue weighted by Gasteiger charge is 2.00. The molecule has 0 aliphatic rings. The minimum Gasteiger partial charge on any atom is -0.387 e. The SMILES string of the molecule is CCC(N)=N/C=C/c1c(Cl)cccc1Cl.Cl. The fourth-order valence-electron chi connectivity index (χ4n) is 0.969. The number of benzene rings is 1. The van der Waals surface area contributed by atoms with Crippen LogP contribution in [0.5, 0.6) is 0 Å². The van der Waals surface area contributed by atoms with E-state index in [0.29, 0.717) is 15.9 Å². The molecule has 0 spiro atoms. The van der Waals surface area contributed by atoms with Gasteiger partial charge in [-0.2, -0.15) is 0 Å². The lowest BCUT2D eigenvalue weighted by Gasteiger charge is -1.99. The van der Waals surface area contributed by atoms with Crippen LogP contribution in [0.25, 0.3) is 6.08 Å². The molecule has 0 saturated carbocycles. The molecule has 1 aromatic rings. The number of hydrogen-bond acceptors (Lipinski definition) is 1. The fourth-order valence-corrected chi connectivity index (χ4v) is 1.49. The van der Waals surface area contributed by atoms with Crippen molar-refractivity contribution in [1.29, 1.82) is 0 Å². The van der Waals surface area contributed by atoms with Crippen LogP contribution >= 0.6 is 35.6 Å². The molecule has 0 radical (unpaired) electrons. The van der Waals surface area contributed by atoms with Crippen molar-refractivity contribution in [2.45, 2.75) is 13.3 Å². The summed E-state index contributed by atoms with van der Waals surface area (Å²) in [7, 11) is 0. The van der Waals surface area contributed by atoms with Gasteiger partial charge in [0.1, 0.15) is 0 Å². The minimum absolute atomic E-state index is 0.